The Kier molecular flexibility index (Phi) is 9.52. The van der Waals surface area contributed by atoms with Crippen LogP contribution < -0.4 is 17.0 Å². The second-order valence-electron chi connectivity index (χ2n) is 3.86. The molecule has 0 aromatic heterocycles. The number of halogens is 2. The van der Waals surface area contributed by atoms with Crippen LogP contribution in [0.1, 0.15) is 12.0 Å². The third-order valence-electron chi connectivity index (χ3n) is 2.53. The maximum atomic E-state index is 12.8. The second kappa shape index (κ2) is 9.95. The molecule has 0 bridgehead atoms. The van der Waals surface area contributed by atoms with Crippen LogP contribution in [-0.2, 0) is 0 Å². The summed E-state index contributed by atoms with van der Waals surface area (Å²) in [5.41, 5.74) is 2.92. The minimum atomic E-state index is -0.231. The molecule has 0 aliphatic carbocycles. The largest absolute Gasteiger partial charge is 2.00 e. The van der Waals surface area contributed by atoms with Gasteiger partial charge < -0.3 is 22.1 Å². The minimum Gasteiger partial charge on any atom is -1.00 e. The Morgan fingerprint density at radius 2 is 1.40 bits per heavy atom. The first-order valence-electron chi connectivity index (χ1n) is 5.75. The fourth-order valence-corrected chi connectivity index (χ4v) is 1.61. The van der Waals surface area contributed by atoms with Gasteiger partial charge in [-0.05, 0) is 35.4 Å². The fourth-order valence-electron chi connectivity index (χ4n) is 1.61. The second-order valence-corrected chi connectivity index (χ2v) is 3.86. The summed E-state index contributed by atoms with van der Waals surface area (Å²) >= 11 is 0. The van der Waals surface area contributed by atoms with Crippen molar-refractivity contribution in [3.05, 3.63) is 59.9 Å². The molecule has 0 radical (unpaired) electrons. The van der Waals surface area contributed by atoms with Gasteiger partial charge in [0.25, 0.3) is 0 Å². The first kappa shape index (κ1) is 19.1. The number of hydrogen-bond acceptors (Lipinski definition) is 1. The van der Waals surface area contributed by atoms with Crippen molar-refractivity contribution < 1.29 is 26.5 Å². The van der Waals surface area contributed by atoms with Crippen molar-refractivity contribution in [3.8, 4) is 23.0 Å². The van der Waals surface area contributed by atoms with E-state index in [9.17, 15) is 4.39 Å². The maximum absolute atomic E-state index is 12.8. The normalized spacial score (nSPS) is 8.70. The van der Waals surface area contributed by atoms with E-state index in [-0.39, 0.29) is 52.5 Å². The zero-order valence-electron chi connectivity index (χ0n) is 10.9. The molecular weight excluding hydrogens is 331 g/mol. The van der Waals surface area contributed by atoms with Gasteiger partial charge in [-0.25, -0.2) is 4.39 Å². The Morgan fingerprint density at radius 3 is 1.90 bits per heavy atom. The summed E-state index contributed by atoms with van der Waals surface area (Å²) in [7, 11) is 0. The van der Waals surface area contributed by atoms with E-state index >= 15 is 0 Å². The Hall–Kier alpha value is -0.864. The van der Waals surface area contributed by atoms with Gasteiger partial charge in [-0.15, -0.1) is 0 Å². The molecule has 0 saturated heterocycles. The monoisotopic (exact) mass is 343 g/mol. The van der Waals surface area contributed by atoms with Crippen molar-refractivity contribution in [2.75, 3.05) is 6.61 Å². The molecular formula is C16H13BrFMgO+. The third-order valence-corrected chi connectivity index (χ3v) is 2.53. The van der Waals surface area contributed by atoms with Crippen LogP contribution in [0.2, 0.25) is 0 Å². The third kappa shape index (κ3) is 5.64. The molecule has 0 spiro atoms. The summed E-state index contributed by atoms with van der Waals surface area (Å²) in [4.78, 5) is 0. The van der Waals surface area contributed by atoms with Crippen LogP contribution in [0.25, 0.3) is 11.1 Å². The number of rotatable bonds is 2. The van der Waals surface area contributed by atoms with E-state index in [1.165, 1.54) is 12.1 Å². The molecule has 1 N–H and O–H groups in total. The molecule has 0 saturated carbocycles. The predicted octanol–water partition coefficient (Wildman–Crippen LogP) is -0.150. The average Bonchev–Trinajstić information content (AvgIpc) is 2.41. The molecule has 0 aliphatic heterocycles. The number of aliphatic hydroxyl groups excluding tert-OH is 1. The van der Waals surface area contributed by atoms with E-state index in [1.807, 2.05) is 24.3 Å². The van der Waals surface area contributed by atoms with Crippen LogP contribution in [0.15, 0.2) is 48.5 Å². The molecule has 1 nitrogen and oxygen atoms in total. The van der Waals surface area contributed by atoms with Crippen molar-refractivity contribution in [2.24, 2.45) is 0 Å². The van der Waals surface area contributed by atoms with Crippen LogP contribution in [0, 0.1) is 17.7 Å². The van der Waals surface area contributed by atoms with Crippen LogP contribution in [-0.4, -0.2) is 34.8 Å². The van der Waals surface area contributed by atoms with Gasteiger partial charge in [0.1, 0.15) is 5.82 Å². The maximum Gasteiger partial charge on any atom is 2.00 e. The summed E-state index contributed by atoms with van der Waals surface area (Å²) in [6.45, 7) is 0.0840. The molecule has 0 heterocycles. The summed E-state index contributed by atoms with van der Waals surface area (Å²) in [5.74, 6) is 5.60. The number of aliphatic hydroxyl groups is 1. The average molecular weight is 344 g/mol. The van der Waals surface area contributed by atoms with Crippen molar-refractivity contribution in [1.82, 2.24) is 0 Å². The molecule has 2 rings (SSSR count). The zero-order valence-corrected chi connectivity index (χ0v) is 13.9. The predicted molar refractivity (Wildman–Crippen MR) is 76.2 cm³/mol. The molecule has 0 amide bonds. The quantitative estimate of drug-likeness (QED) is 0.593. The Morgan fingerprint density at radius 1 is 0.900 bits per heavy atom. The standard InChI is InChI=1S/C16H13FO.BrH.Mg/c17-16-10-8-15(9-11-16)14-6-4-13(5-7-14)3-1-2-12-18;;/h4-11,18H,2,12H2;1H;/q;;+2/p-1. The van der Waals surface area contributed by atoms with Crippen LogP contribution in [0.3, 0.4) is 0 Å². The number of benzene rings is 2. The van der Waals surface area contributed by atoms with Gasteiger partial charge in [0.15, 0.2) is 0 Å². The Labute approximate surface area is 145 Å². The molecule has 0 atom stereocenters. The zero-order chi connectivity index (χ0) is 12.8. The summed E-state index contributed by atoms with van der Waals surface area (Å²) < 4.78 is 12.8. The Balaban J connectivity index is 0.00000180. The fraction of sp³-hybridized carbons (Fsp3) is 0.125. The van der Waals surface area contributed by atoms with E-state index in [2.05, 4.69) is 11.8 Å². The molecule has 98 valence electrons. The number of hydrogen-bond donors (Lipinski definition) is 1. The van der Waals surface area contributed by atoms with Gasteiger partial charge >= 0.3 is 23.1 Å². The first-order valence-corrected chi connectivity index (χ1v) is 5.75. The topological polar surface area (TPSA) is 20.2 Å². The van der Waals surface area contributed by atoms with E-state index in [0.29, 0.717) is 6.42 Å². The molecule has 2 aromatic rings. The summed E-state index contributed by atoms with van der Waals surface area (Å²) in [5, 5.41) is 8.63. The molecule has 2 aromatic carbocycles. The van der Waals surface area contributed by atoms with Crippen molar-refractivity contribution in [2.45, 2.75) is 6.42 Å². The van der Waals surface area contributed by atoms with E-state index in [4.69, 9.17) is 5.11 Å². The van der Waals surface area contributed by atoms with Crippen molar-refractivity contribution >= 4 is 23.1 Å². The van der Waals surface area contributed by atoms with Crippen molar-refractivity contribution in [3.63, 3.8) is 0 Å². The summed E-state index contributed by atoms with van der Waals surface area (Å²) in [6.07, 6.45) is 0.486. The van der Waals surface area contributed by atoms with Crippen LogP contribution in [0.4, 0.5) is 4.39 Å². The van der Waals surface area contributed by atoms with Gasteiger partial charge in [-0.1, -0.05) is 36.1 Å². The molecule has 0 fully saturated rings. The molecule has 0 unspecified atom stereocenters. The van der Waals surface area contributed by atoms with Gasteiger partial charge in [0.05, 0.1) is 6.61 Å². The van der Waals surface area contributed by atoms with E-state index < -0.39 is 0 Å². The van der Waals surface area contributed by atoms with E-state index in [1.54, 1.807) is 12.1 Å². The van der Waals surface area contributed by atoms with Crippen molar-refractivity contribution in [1.29, 1.82) is 0 Å². The summed E-state index contributed by atoms with van der Waals surface area (Å²) in [6, 6.07) is 14.1. The van der Waals surface area contributed by atoms with Crippen LogP contribution >= 0.6 is 0 Å². The van der Waals surface area contributed by atoms with E-state index in [0.717, 1.165) is 16.7 Å². The Bertz CT molecular complexity index is 570. The van der Waals surface area contributed by atoms with Gasteiger partial charge in [-0.2, -0.15) is 0 Å². The van der Waals surface area contributed by atoms with Gasteiger partial charge in [-0.3, -0.25) is 0 Å². The van der Waals surface area contributed by atoms with Crippen LogP contribution in [0.5, 0.6) is 0 Å². The van der Waals surface area contributed by atoms with Gasteiger partial charge in [0.2, 0.25) is 0 Å². The molecule has 4 heteroatoms. The molecule has 0 aliphatic rings. The first-order chi connectivity index (χ1) is 8.79. The minimum absolute atomic E-state index is 0. The SMILES string of the molecule is OCCC#Cc1ccc(-c2ccc(F)cc2)cc1.[Br-].[Mg+2]. The van der Waals surface area contributed by atoms with Gasteiger partial charge in [0, 0.05) is 12.0 Å². The molecule has 20 heavy (non-hydrogen) atoms. The smallest absolute Gasteiger partial charge is 1.00 e.